The maximum absolute atomic E-state index is 12.9. The fourth-order valence-corrected chi connectivity index (χ4v) is 2.59. The number of anilines is 1. The van der Waals surface area contributed by atoms with Crippen LogP contribution in [0.15, 0.2) is 18.2 Å². The Morgan fingerprint density at radius 1 is 1.36 bits per heavy atom. The van der Waals surface area contributed by atoms with E-state index in [4.69, 9.17) is 0 Å². The number of rotatable bonds is 2. The predicted molar refractivity (Wildman–Crippen MR) is 75.2 cm³/mol. The molecule has 0 radical (unpaired) electrons. The molecule has 1 aliphatic heterocycles. The second-order valence-electron chi connectivity index (χ2n) is 5.38. The minimum atomic E-state index is -4.47. The normalized spacial score (nSPS) is 19.2. The van der Waals surface area contributed by atoms with E-state index in [9.17, 15) is 22.8 Å². The number of amides is 2. The summed E-state index contributed by atoms with van der Waals surface area (Å²) in [5.41, 5.74) is -0.697. The minimum Gasteiger partial charge on any atom is -0.334 e. The molecule has 0 aliphatic carbocycles. The van der Waals surface area contributed by atoms with E-state index in [0.29, 0.717) is 19.3 Å². The van der Waals surface area contributed by atoms with Gasteiger partial charge in [-0.3, -0.25) is 9.59 Å². The van der Waals surface area contributed by atoms with Gasteiger partial charge in [0.05, 0.1) is 5.56 Å². The van der Waals surface area contributed by atoms with E-state index < -0.39 is 23.7 Å². The van der Waals surface area contributed by atoms with E-state index in [0.717, 1.165) is 6.07 Å². The summed E-state index contributed by atoms with van der Waals surface area (Å²) in [5.74, 6) is -0.592. The monoisotopic (exact) mass is 314 g/mol. The van der Waals surface area contributed by atoms with Gasteiger partial charge in [-0.05, 0) is 37.5 Å². The van der Waals surface area contributed by atoms with Crippen molar-refractivity contribution in [1.29, 1.82) is 0 Å². The number of hydrogen-bond donors (Lipinski definition) is 1. The first-order valence-electron chi connectivity index (χ1n) is 6.95. The number of hydrogen-bond acceptors (Lipinski definition) is 2. The van der Waals surface area contributed by atoms with Crippen LogP contribution in [0.25, 0.3) is 0 Å². The fraction of sp³-hybridized carbons (Fsp3) is 0.467. The van der Waals surface area contributed by atoms with E-state index in [1.165, 1.54) is 31.0 Å². The Bertz CT molecular complexity index is 599. The largest absolute Gasteiger partial charge is 0.416 e. The molecular weight excluding hydrogens is 297 g/mol. The topological polar surface area (TPSA) is 49.4 Å². The molecule has 1 aliphatic rings. The van der Waals surface area contributed by atoms with Gasteiger partial charge in [-0.2, -0.15) is 13.2 Å². The van der Waals surface area contributed by atoms with Gasteiger partial charge in [0, 0.05) is 19.2 Å². The van der Waals surface area contributed by atoms with Crippen LogP contribution in [0.4, 0.5) is 18.9 Å². The predicted octanol–water partition coefficient (Wildman–Crippen LogP) is 2.96. The molecule has 1 N–H and O–H groups in total. The Morgan fingerprint density at radius 2 is 2.05 bits per heavy atom. The van der Waals surface area contributed by atoms with Crippen LogP contribution in [0.2, 0.25) is 0 Å². The third-order valence-corrected chi connectivity index (χ3v) is 3.93. The molecule has 22 heavy (non-hydrogen) atoms. The number of carbonyl (C=O) groups excluding carboxylic acids is 2. The van der Waals surface area contributed by atoms with Crippen molar-refractivity contribution in [2.75, 3.05) is 12.4 Å². The Kier molecular flexibility index (Phi) is 4.44. The minimum absolute atomic E-state index is 0.0341. The van der Waals surface area contributed by atoms with Gasteiger partial charge in [-0.1, -0.05) is 6.07 Å². The number of likely N-dealkylation sites (tertiary alicyclic amines) is 1. The van der Waals surface area contributed by atoms with E-state index >= 15 is 0 Å². The molecule has 1 unspecified atom stereocenters. The van der Waals surface area contributed by atoms with E-state index in [-0.39, 0.29) is 17.2 Å². The number of halogens is 3. The highest BCUT2D eigenvalue weighted by atomic mass is 19.4. The maximum Gasteiger partial charge on any atom is 0.416 e. The molecular formula is C15H17F3N2O2. The third kappa shape index (κ3) is 3.23. The van der Waals surface area contributed by atoms with Crippen molar-refractivity contribution in [2.24, 2.45) is 0 Å². The molecule has 0 aromatic heterocycles. The summed E-state index contributed by atoms with van der Waals surface area (Å²) in [5, 5.41) is 2.51. The highest BCUT2D eigenvalue weighted by molar-refractivity contribution is 5.98. The molecule has 4 nitrogen and oxygen atoms in total. The molecule has 1 heterocycles. The van der Waals surface area contributed by atoms with Crippen molar-refractivity contribution in [3.63, 3.8) is 0 Å². The first-order chi connectivity index (χ1) is 10.2. The Labute approximate surface area is 126 Å². The number of nitrogens with one attached hydrogen (secondary N) is 1. The molecule has 1 atom stereocenters. The first-order valence-corrected chi connectivity index (χ1v) is 6.95. The number of piperidine rings is 1. The van der Waals surface area contributed by atoms with Gasteiger partial charge in [0.25, 0.3) is 0 Å². The van der Waals surface area contributed by atoms with Crippen LogP contribution in [0.1, 0.15) is 30.4 Å². The van der Waals surface area contributed by atoms with Crippen LogP contribution in [-0.4, -0.2) is 29.8 Å². The SMILES string of the molecule is Cc1c(NC(=O)C2CCCC(=O)N2C)cccc1C(F)(F)F. The standard InChI is InChI=1S/C15H17F3N2O2/c1-9-10(15(16,17)18)5-3-6-11(9)19-14(22)12-7-4-8-13(21)20(12)2/h3,5-6,12H,4,7-8H2,1-2H3,(H,19,22). The summed E-state index contributed by atoms with van der Waals surface area (Å²) < 4.78 is 38.6. The highest BCUT2D eigenvalue weighted by Gasteiger charge is 2.34. The molecule has 1 aromatic rings. The van der Waals surface area contributed by atoms with Gasteiger partial charge in [0.2, 0.25) is 11.8 Å². The van der Waals surface area contributed by atoms with Crippen molar-refractivity contribution >= 4 is 17.5 Å². The van der Waals surface area contributed by atoms with Crippen molar-refractivity contribution in [3.05, 3.63) is 29.3 Å². The molecule has 0 bridgehead atoms. The van der Waals surface area contributed by atoms with Crippen LogP contribution in [0.5, 0.6) is 0 Å². The smallest absolute Gasteiger partial charge is 0.334 e. The number of benzene rings is 1. The number of nitrogens with zero attached hydrogens (tertiary/aromatic N) is 1. The zero-order valence-electron chi connectivity index (χ0n) is 12.3. The van der Waals surface area contributed by atoms with Gasteiger partial charge in [-0.25, -0.2) is 0 Å². The summed E-state index contributed by atoms with van der Waals surface area (Å²) in [4.78, 5) is 25.2. The lowest BCUT2D eigenvalue weighted by atomic mass is 10.0. The Morgan fingerprint density at radius 3 is 2.68 bits per heavy atom. The first kappa shape index (κ1) is 16.3. The molecule has 7 heteroatoms. The lowest BCUT2D eigenvalue weighted by Crippen LogP contribution is -2.47. The summed E-state index contributed by atoms with van der Waals surface area (Å²) >= 11 is 0. The average molecular weight is 314 g/mol. The third-order valence-electron chi connectivity index (χ3n) is 3.93. The zero-order valence-corrected chi connectivity index (χ0v) is 12.3. The molecule has 0 spiro atoms. The second-order valence-corrected chi connectivity index (χ2v) is 5.38. The van der Waals surface area contributed by atoms with E-state index in [1.807, 2.05) is 0 Å². The molecule has 1 aromatic carbocycles. The molecule has 120 valence electrons. The van der Waals surface area contributed by atoms with Gasteiger partial charge in [0.15, 0.2) is 0 Å². The molecule has 2 rings (SSSR count). The second kappa shape index (κ2) is 5.98. The highest BCUT2D eigenvalue weighted by Crippen LogP contribution is 2.34. The lowest BCUT2D eigenvalue weighted by molar-refractivity contribution is -0.140. The molecule has 1 saturated heterocycles. The summed E-state index contributed by atoms with van der Waals surface area (Å²) in [6.07, 6.45) is -2.97. The van der Waals surface area contributed by atoms with Crippen LogP contribution in [0, 0.1) is 6.92 Å². The summed E-state index contributed by atoms with van der Waals surface area (Å²) in [7, 11) is 1.53. The van der Waals surface area contributed by atoms with Crippen LogP contribution in [-0.2, 0) is 15.8 Å². The Balaban J connectivity index is 2.20. The average Bonchev–Trinajstić information content (AvgIpc) is 2.42. The van der Waals surface area contributed by atoms with Crippen molar-refractivity contribution < 1.29 is 22.8 Å². The zero-order chi connectivity index (χ0) is 16.5. The van der Waals surface area contributed by atoms with Crippen LogP contribution >= 0.6 is 0 Å². The summed E-state index contributed by atoms with van der Waals surface area (Å²) in [6.45, 7) is 1.31. The lowest BCUT2D eigenvalue weighted by Gasteiger charge is -2.31. The summed E-state index contributed by atoms with van der Waals surface area (Å²) in [6, 6.07) is 3.01. The van der Waals surface area contributed by atoms with E-state index in [2.05, 4.69) is 5.32 Å². The molecule has 2 amide bonds. The van der Waals surface area contributed by atoms with Gasteiger partial charge in [-0.15, -0.1) is 0 Å². The number of carbonyl (C=O) groups is 2. The Hall–Kier alpha value is -2.05. The number of alkyl halides is 3. The van der Waals surface area contributed by atoms with Crippen LogP contribution < -0.4 is 5.32 Å². The molecule has 0 saturated carbocycles. The van der Waals surface area contributed by atoms with Gasteiger partial charge in [0.1, 0.15) is 6.04 Å². The quantitative estimate of drug-likeness (QED) is 0.912. The van der Waals surface area contributed by atoms with Gasteiger partial charge >= 0.3 is 6.18 Å². The fourth-order valence-electron chi connectivity index (χ4n) is 2.59. The van der Waals surface area contributed by atoms with E-state index in [1.54, 1.807) is 0 Å². The van der Waals surface area contributed by atoms with Crippen molar-refractivity contribution in [2.45, 2.75) is 38.4 Å². The van der Waals surface area contributed by atoms with Crippen LogP contribution in [0.3, 0.4) is 0 Å². The molecule has 1 fully saturated rings. The maximum atomic E-state index is 12.9. The number of likely N-dealkylation sites (N-methyl/N-ethyl adjacent to an activating group) is 1. The van der Waals surface area contributed by atoms with Gasteiger partial charge < -0.3 is 10.2 Å². The van der Waals surface area contributed by atoms with Crippen molar-refractivity contribution in [1.82, 2.24) is 4.90 Å². The van der Waals surface area contributed by atoms with Crippen molar-refractivity contribution in [3.8, 4) is 0 Å².